The SMILES string of the molecule is c1ccc(C(=C2c3ccccc3-c3ccc(N(c4ccc(-c5ccccc5)cc4)c4ccc(-c5ccc6c(c5)c5ccccc5n6-c5ccccc5)cc4)cc32)c2ccccc2)cc1. The van der Waals surface area contributed by atoms with Crippen LogP contribution in [0.1, 0.15) is 22.3 Å². The molecule has 0 unspecified atom stereocenters. The summed E-state index contributed by atoms with van der Waals surface area (Å²) in [5.41, 5.74) is 21.5. The monoisotopic (exact) mass is 814 g/mol. The first-order valence-electron chi connectivity index (χ1n) is 22.0. The van der Waals surface area contributed by atoms with E-state index in [9.17, 15) is 0 Å². The summed E-state index contributed by atoms with van der Waals surface area (Å²) in [7, 11) is 0. The number of nitrogens with zero attached hydrogens (tertiary/aromatic N) is 2. The Balaban J connectivity index is 1.01. The van der Waals surface area contributed by atoms with E-state index in [1.165, 1.54) is 88.6 Å². The van der Waals surface area contributed by atoms with Crippen LogP contribution in [0.25, 0.3) is 72.0 Å². The highest BCUT2D eigenvalue weighted by molar-refractivity contribution is 6.14. The van der Waals surface area contributed by atoms with Crippen molar-refractivity contribution in [2.45, 2.75) is 0 Å². The van der Waals surface area contributed by atoms with Crippen LogP contribution in [-0.2, 0) is 0 Å². The van der Waals surface area contributed by atoms with Gasteiger partial charge in [-0.05, 0) is 134 Å². The van der Waals surface area contributed by atoms with E-state index < -0.39 is 0 Å². The molecule has 10 aromatic carbocycles. The topological polar surface area (TPSA) is 8.17 Å². The molecule has 0 bridgehead atoms. The Kier molecular flexibility index (Phi) is 9.20. The summed E-state index contributed by atoms with van der Waals surface area (Å²) in [5.74, 6) is 0. The number of rotatable bonds is 8. The fourth-order valence-electron chi connectivity index (χ4n) is 9.82. The minimum Gasteiger partial charge on any atom is -0.310 e. The molecular formula is C62H42N2. The summed E-state index contributed by atoms with van der Waals surface area (Å²) in [5, 5.41) is 2.49. The van der Waals surface area contributed by atoms with Gasteiger partial charge in [0.15, 0.2) is 0 Å². The molecule has 0 spiro atoms. The highest BCUT2D eigenvalue weighted by Crippen LogP contribution is 2.51. The number of fused-ring (bicyclic) bond motifs is 6. The number of hydrogen-bond acceptors (Lipinski definition) is 1. The van der Waals surface area contributed by atoms with E-state index in [1.807, 2.05) is 0 Å². The van der Waals surface area contributed by atoms with Crippen molar-refractivity contribution in [3.05, 3.63) is 277 Å². The van der Waals surface area contributed by atoms with Gasteiger partial charge in [0.05, 0.1) is 11.0 Å². The smallest absolute Gasteiger partial charge is 0.0541 e. The van der Waals surface area contributed by atoms with E-state index >= 15 is 0 Å². The standard InChI is InChI=1S/C62H42N2/c1-5-17-43(18-6-1)44-29-34-50(35-30-44)63(51-36-31-45(32-37-51)48-33-40-60-57(41-48)55-26-15-16-28-59(55)64(60)49-23-11-4-12-24-49)52-38-39-54-53-25-13-14-27-56(53)62(58(54)42-52)61(46-19-7-2-8-20-46)47-21-9-3-10-22-47/h1-42H. The Morgan fingerprint density at radius 2 is 0.766 bits per heavy atom. The van der Waals surface area contributed by atoms with Crippen molar-refractivity contribution in [2.24, 2.45) is 0 Å². The molecule has 11 aromatic rings. The van der Waals surface area contributed by atoms with E-state index in [2.05, 4.69) is 264 Å². The summed E-state index contributed by atoms with van der Waals surface area (Å²) in [6.07, 6.45) is 0. The first-order chi connectivity index (χ1) is 31.8. The van der Waals surface area contributed by atoms with E-state index in [-0.39, 0.29) is 0 Å². The lowest BCUT2D eigenvalue weighted by Gasteiger charge is -2.27. The van der Waals surface area contributed by atoms with E-state index in [0.29, 0.717) is 0 Å². The molecule has 0 amide bonds. The van der Waals surface area contributed by atoms with Gasteiger partial charge in [0.25, 0.3) is 0 Å². The molecular weight excluding hydrogens is 773 g/mol. The first-order valence-corrected chi connectivity index (χ1v) is 22.0. The van der Waals surface area contributed by atoms with Crippen LogP contribution >= 0.6 is 0 Å². The van der Waals surface area contributed by atoms with Gasteiger partial charge in [0.2, 0.25) is 0 Å². The maximum atomic E-state index is 2.41. The summed E-state index contributed by atoms with van der Waals surface area (Å²) < 4.78 is 2.37. The largest absolute Gasteiger partial charge is 0.310 e. The van der Waals surface area contributed by atoms with Crippen LogP contribution < -0.4 is 4.90 Å². The van der Waals surface area contributed by atoms with Crippen LogP contribution in [0.15, 0.2) is 255 Å². The summed E-state index contributed by atoms with van der Waals surface area (Å²) in [4.78, 5) is 2.40. The highest BCUT2D eigenvalue weighted by atomic mass is 15.1. The van der Waals surface area contributed by atoms with Gasteiger partial charge in [-0.25, -0.2) is 0 Å². The third-order valence-corrected chi connectivity index (χ3v) is 12.8. The van der Waals surface area contributed by atoms with Crippen LogP contribution in [0.5, 0.6) is 0 Å². The molecule has 64 heavy (non-hydrogen) atoms. The molecule has 2 heteroatoms. The lowest BCUT2D eigenvalue weighted by Crippen LogP contribution is -2.10. The first kappa shape index (κ1) is 37.3. The molecule has 0 saturated carbocycles. The van der Waals surface area contributed by atoms with Crippen LogP contribution in [0.4, 0.5) is 17.1 Å². The molecule has 0 saturated heterocycles. The van der Waals surface area contributed by atoms with Crippen LogP contribution in [-0.4, -0.2) is 4.57 Å². The molecule has 1 aromatic heterocycles. The van der Waals surface area contributed by atoms with E-state index in [1.54, 1.807) is 0 Å². The van der Waals surface area contributed by atoms with Crippen LogP contribution in [0.2, 0.25) is 0 Å². The zero-order chi connectivity index (χ0) is 42.4. The Morgan fingerprint density at radius 3 is 1.42 bits per heavy atom. The number of hydrogen-bond donors (Lipinski definition) is 0. The molecule has 1 aliphatic rings. The van der Waals surface area contributed by atoms with Crippen molar-refractivity contribution < 1.29 is 0 Å². The maximum absolute atomic E-state index is 2.41. The predicted octanol–water partition coefficient (Wildman–Crippen LogP) is 16.6. The zero-order valence-electron chi connectivity index (χ0n) is 35.1. The number of anilines is 3. The molecule has 1 heterocycles. The fourth-order valence-corrected chi connectivity index (χ4v) is 9.82. The lowest BCUT2D eigenvalue weighted by atomic mass is 9.88. The quantitative estimate of drug-likeness (QED) is 0.148. The van der Waals surface area contributed by atoms with Gasteiger partial charge in [0, 0.05) is 33.5 Å². The van der Waals surface area contributed by atoms with Gasteiger partial charge in [-0.15, -0.1) is 0 Å². The summed E-state index contributed by atoms with van der Waals surface area (Å²) in [6.45, 7) is 0. The van der Waals surface area contributed by atoms with Gasteiger partial charge >= 0.3 is 0 Å². The minimum absolute atomic E-state index is 1.09. The van der Waals surface area contributed by atoms with Gasteiger partial charge < -0.3 is 9.47 Å². The summed E-state index contributed by atoms with van der Waals surface area (Å²) in [6, 6.07) is 92.6. The molecule has 0 N–H and O–H groups in total. The molecule has 1 aliphatic carbocycles. The second-order valence-electron chi connectivity index (χ2n) is 16.5. The normalized spacial score (nSPS) is 11.7. The second kappa shape index (κ2) is 15.8. The van der Waals surface area contributed by atoms with Crippen LogP contribution in [0.3, 0.4) is 0 Å². The van der Waals surface area contributed by atoms with Crippen molar-refractivity contribution in [2.75, 3.05) is 4.90 Å². The number of aromatic nitrogens is 1. The van der Waals surface area contributed by atoms with Crippen molar-refractivity contribution in [1.82, 2.24) is 4.57 Å². The molecule has 2 nitrogen and oxygen atoms in total. The number of benzene rings is 10. The Bertz CT molecular complexity index is 3450. The lowest BCUT2D eigenvalue weighted by molar-refractivity contribution is 1.18. The third kappa shape index (κ3) is 6.44. The van der Waals surface area contributed by atoms with Crippen molar-refractivity contribution >= 4 is 50.0 Å². The third-order valence-electron chi connectivity index (χ3n) is 12.8. The molecule has 0 radical (unpaired) electrons. The molecule has 0 atom stereocenters. The van der Waals surface area contributed by atoms with Gasteiger partial charge in [0.1, 0.15) is 0 Å². The summed E-state index contributed by atoms with van der Waals surface area (Å²) >= 11 is 0. The Labute approximate surface area is 373 Å². The maximum Gasteiger partial charge on any atom is 0.0541 e. The molecule has 0 aliphatic heterocycles. The Morgan fingerprint density at radius 1 is 0.297 bits per heavy atom. The molecule has 0 fully saturated rings. The zero-order valence-corrected chi connectivity index (χ0v) is 35.1. The van der Waals surface area contributed by atoms with Gasteiger partial charge in [-0.1, -0.05) is 188 Å². The van der Waals surface area contributed by atoms with Gasteiger partial charge in [-0.3, -0.25) is 0 Å². The average Bonchev–Trinajstić information content (AvgIpc) is 3.88. The highest BCUT2D eigenvalue weighted by Gasteiger charge is 2.29. The fraction of sp³-hybridized carbons (Fsp3) is 0. The second-order valence-corrected chi connectivity index (χ2v) is 16.5. The Hall–Kier alpha value is -8.46. The average molecular weight is 815 g/mol. The van der Waals surface area contributed by atoms with Crippen LogP contribution in [0, 0.1) is 0 Å². The van der Waals surface area contributed by atoms with E-state index in [4.69, 9.17) is 0 Å². The van der Waals surface area contributed by atoms with Crippen molar-refractivity contribution in [3.63, 3.8) is 0 Å². The molecule has 300 valence electrons. The minimum atomic E-state index is 1.09. The molecule has 12 rings (SSSR count). The van der Waals surface area contributed by atoms with E-state index in [0.717, 1.165) is 22.7 Å². The van der Waals surface area contributed by atoms with Crippen molar-refractivity contribution in [1.29, 1.82) is 0 Å². The van der Waals surface area contributed by atoms with Crippen molar-refractivity contribution in [3.8, 4) is 39.1 Å². The predicted molar refractivity (Wildman–Crippen MR) is 270 cm³/mol. The van der Waals surface area contributed by atoms with Gasteiger partial charge in [-0.2, -0.15) is 0 Å². The number of para-hydroxylation sites is 2.